The zero-order valence-corrected chi connectivity index (χ0v) is 12.0. The van der Waals surface area contributed by atoms with Gasteiger partial charge in [-0.1, -0.05) is 25.1 Å². The van der Waals surface area contributed by atoms with Crippen molar-refractivity contribution < 1.29 is 8.95 Å². The van der Waals surface area contributed by atoms with Gasteiger partial charge in [0.25, 0.3) is 0 Å². The van der Waals surface area contributed by atoms with E-state index in [1.807, 2.05) is 18.2 Å². The Morgan fingerprint density at radius 1 is 1.50 bits per heavy atom. The van der Waals surface area contributed by atoms with Gasteiger partial charge in [0, 0.05) is 46.4 Å². The number of fused-ring (bicyclic) bond motifs is 1. The zero-order chi connectivity index (χ0) is 13.1. The summed E-state index contributed by atoms with van der Waals surface area (Å²) in [5.41, 5.74) is 1.21. The molecular formula is C14H21NO2S. The summed E-state index contributed by atoms with van der Waals surface area (Å²) < 4.78 is 17.0. The van der Waals surface area contributed by atoms with Crippen LogP contribution in [0.25, 0.3) is 0 Å². The number of nitrogens with one attached hydrogen (secondary N) is 1. The molecule has 1 aromatic rings. The quantitative estimate of drug-likeness (QED) is 0.908. The molecular weight excluding hydrogens is 246 g/mol. The molecule has 100 valence electrons. The first-order chi connectivity index (χ1) is 8.58. The molecule has 0 amide bonds. The van der Waals surface area contributed by atoms with Gasteiger partial charge in [0.15, 0.2) is 0 Å². The number of benzene rings is 1. The first-order valence-electron chi connectivity index (χ1n) is 6.35. The van der Waals surface area contributed by atoms with Crippen molar-refractivity contribution in [2.45, 2.75) is 25.9 Å². The van der Waals surface area contributed by atoms with Gasteiger partial charge in [-0.3, -0.25) is 4.21 Å². The molecule has 0 radical (unpaired) electrons. The van der Waals surface area contributed by atoms with Crippen LogP contribution in [0.2, 0.25) is 0 Å². The second-order valence-corrected chi connectivity index (χ2v) is 6.59. The average Bonchev–Trinajstić information content (AvgIpc) is 2.32. The summed E-state index contributed by atoms with van der Waals surface area (Å²) in [6, 6.07) is 8.69. The van der Waals surface area contributed by atoms with Crippen molar-refractivity contribution in [1.29, 1.82) is 0 Å². The normalized spacial score (nSPS) is 25.9. The predicted molar refractivity (Wildman–Crippen MR) is 75.4 cm³/mol. The monoisotopic (exact) mass is 267 g/mol. The van der Waals surface area contributed by atoms with Gasteiger partial charge in [0.05, 0.1) is 6.61 Å². The van der Waals surface area contributed by atoms with E-state index in [1.54, 1.807) is 6.26 Å². The Kier molecular flexibility index (Phi) is 4.40. The van der Waals surface area contributed by atoms with E-state index in [0.717, 1.165) is 12.4 Å². The van der Waals surface area contributed by atoms with Gasteiger partial charge in [-0.2, -0.15) is 0 Å². The van der Waals surface area contributed by atoms with Crippen molar-refractivity contribution >= 4 is 10.8 Å². The van der Waals surface area contributed by atoms with Crippen LogP contribution in [0.4, 0.5) is 0 Å². The zero-order valence-electron chi connectivity index (χ0n) is 11.2. The van der Waals surface area contributed by atoms with Crippen molar-refractivity contribution in [2.75, 3.05) is 18.6 Å². The van der Waals surface area contributed by atoms with Crippen LogP contribution >= 0.6 is 0 Å². The van der Waals surface area contributed by atoms with Gasteiger partial charge in [0.1, 0.15) is 5.75 Å². The van der Waals surface area contributed by atoms with Crippen LogP contribution in [0.5, 0.6) is 5.75 Å². The van der Waals surface area contributed by atoms with Crippen molar-refractivity contribution in [3.63, 3.8) is 0 Å². The number of rotatable bonds is 4. The van der Waals surface area contributed by atoms with E-state index in [1.165, 1.54) is 5.56 Å². The summed E-state index contributed by atoms with van der Waals surface area (Å²) in [5.74, 6) is 2.08. The second-order valence-electron chi connectivity index (χ2n) is 5.11. The minimum Gasteiger partial charge on any atom is -0.493 e. The van der Waals surface area contributed by atoms with Crippen molar-refractivity contribution in [3.8, 4) is 5.75 Å². The standard InChI is InChI=1S/C14H21NO2S/c1-10-8-17-13-7-5-4-6-12(13)14(10)15-11(2)9-18(3)16/h4-7,10-11,14-15H,8-9H2,1-3H3. The number of para-hydroxylation sites is 1. The Morgan fingerprint density at radius 2 is 2.22 bits per heavy atom. The topological polar surface area (TPSA) is 38.3 Å². The maximum Gasteiger partial charge on any atom is 0.124 e. The fourth-order valence-electron chi connectivity index (χ4n) is 2.45. The molecule has 1 N–H and O–H groups in total. The smallest absolute Gasteiger partial charge is 0.124 e. The number of hydrogen-bond acceptors (Lipinski definition) is 3. The van der Waals surface area contributed by atoms with Crippen molar-refractivity contribution in [2.24, 2.45) is 5.92 Å². The number of hydrogen-bond donors (Lipinski definition) is 1. The third-order valence-electron chi connectivity index (χ3n) is 3.27. The molecule has 0 spiro atoms. The molecule has 1 aliphatic rings. The van der Waals surface area contributed by atoms with Crippen LogP contribution in [0, 0.1) is 5.92 Å². The molecule has 1 aliphatic heterocycles. The molecule has 0 fully saturated rings. The first kappa shape index (κ1) is 13.6. The van der Waals surface area contributed by atoms with Crippen LogP contribution in [0.3, 0.4) is 0 Å². The maximum atomic E-state index is 11.3. The Hall–Kier alpha value is -0.870. The molecule has 2 rings (SSSR count). The summed E-state index contributed by atoms with van der Waals surface area (Å²) in [6.45, 7) is 5.01. The first-order valence-corrected chi connectivity index (χ1v) is 8.08. The highest BCUT2D eigenvalue weighted by molar-refractivity contribution is 7.84. The van der Waals surface area contributed by atoms with Crippen LogP contribution in [0.15, 0.2) is 24.3 Å². The molecule has 4 heteroatoms. The van der Waals surface area contributed by atoms with Gasteiger partial charge in [-0.25, -0.2) is 0 Å². The third kappa shape index (κ3) is 3.12. The molecule has 1 heterocycles. The van der Waals surface area contributed by atoms with Gasteiger partial charge < -0.3 is 10.1 Å². The van der Waals surface area contributed by atoms with E-state index in [2.05, 4.69) is 25.2 Å². The summed E-state index contributed by atoms with van der Waals surface area (Å²) in [6.07, 6.45) is 1.75. The van der Waals surface area contributed by atoms with E-state index in [9.17, 15) is 4.21 Å². The Morgan fingerprint density at radius 3 is 2.94 bits per heavy atom. The molecule has 4 unspecified atom stereocenters. The largest absolute Gasteiger partial charge is 0.493 e. The minimum atomic E-state index is -0.763. The minimum absolute atomic E-state index is 0.245. The molecule has 0 saturated carbocycles. The van der Waals surface area contributed by atoms with E-state index in [0.29, 0.717) is 11.7 Å². The molecule has 0 saturated heterocycles. The molecule has 18 heavy (non-hydrogen) atoms. The summed E-state index contributed by atoms with van der Waals surface area (Å²) in [7, 11) is -0.763. The van der Waals surface area contributed by atoms with E-state index in [4.69, 9.17) is 4.74 Å². The summed E-state index contributed by atoms with van der Waals surface area (Å²) in [4.78, 5) is 0. The molecule has 0 bridgehead atoms. The molecule has 0 aromatic heterocycles. The Labute approximate surface area is 111 Å². The molecule has 1 aromatic carbocycles. The molecule has 3 nitrogen and oxygen atoms in total. The van der Waals surface area contributed by atoms with E-state index in [-0.39, 0.29) is 12.1 Å². The summed E-state index contributed by atoms with van der Waals surface area (Å²) >= 11 is 0. The van der Waals surface area contributed by atoms with Gasteiger partial charge >= 0.3 is 0 Å². The van der Waals surface area contributed by atoms with Gasteiger partial charge in [0.2, 0.25) is 0 Å². The van der Waals surface area contributed by atoms with Gasteiger partial charge in [-0.15, -0.1) is 0 Å². The molecule has 0 aliphatic carbocycles. The average molecular weight is 267 g/mol. The Bertz CT molecular complexity index is 436. The van der Waals surface area contributed by atoms with E-state index >= 15 is 0 Å². The SMILES string of the molecule is CC(CS(C)=O)NC1c2ccccc2OCC1C. The second kappa shape index (κ2) is 5.85. The van der Waals surface area contributed by atoms with E-state index < -0.39 is 10.8 Å². The lowest BCUT2D eigenvalue weighted by molar-refractivity contribution is 0.184. The van der Waals surface area contributed by atoms with Crippen molar-refractivity contribution in [3.05, 3.63) is 29.8 Å². The van der Waals surface area contributed by atoms with Gasteiger partial charge in [-0.05, 0) is 13.0 Å². The highest BCUT2D eigenvalue weighted by Gasteiger charge is 2.28. The fourth-order valence-corrected chi connectivity index (χ4v) is 3.25. The van der Waals surface area contributed by atoms with Crippen molar-refractivity contribution in [1.82, 2.24) is 5.32 Å². The number of ether oxygens (including phenoxy) is 1. The highest BCUT2D eigenvalue weighted by atomic mass is 32.2. The summed E-state index contributed by atoms with van der Waals surface area (Å²) in [5, 5.41) is 3.58. The fraction of sp³-hybridized carbons (Fsp3) is 0.571. The lowest BCUT2D eigenvalue weighted by atomic mass is 9.91. The lowest BCUT2D eigenvalue weighted by Gasteiger charge is -2.34. The highest BCUT2D eigenvalue weighted by Crippen LogP contribution is 2.35. The maximum absolute atomic E-state index is 11.3. The van der Waals surface area contributed by atoms with Crippen LogP contribution in [-0.4, -0.2) is 28.9 Å². The molecule has 4 atom stereocenters. The van der Waals surface area contributed by atoms with Crippen LogP contribution < -0.4 is 10.1 Å². The van der Waals surface area contributed by atoms with Crippen LogP contribution in [-0.2, 0) is 10.8 Å². The third-order valence-corrected chi connectivity index (χ3v) is 4.24. The van der Waals surface area contributed by atoms with Crippen LogP contribution in [0.1, 0.15) is 25.5 Å². The predicted octanol–water partition coefficient (Wildman–Crippen LogP) is 2.11. The Balaban J connectivity index is 2.14. The lowest BCUT2D eigenvalue weighted by Crippen LogP contribution is -2.40.